The van der Waals surface area contributed by atoms with Crippen molar-refractivity contribution in [1.82, 2.24) is 19.5 Å². The molecule has 0 aliphatic carbocycles. The van der Waals surface area contributed by atoms with Gasteiger partial charge in [0.2, 0.25) is 0 Å². The van der Waals surface area contributed by atoms with Crippen molar-refractivity contribution >= 4 is 11.6 Å². The predicted octanol–water partition coefficient (Wildman–Crippen LogP) is 2.51. The van der Waals surface area contributed by atoms with Gasteiger partial charge in [-0.1, -0.05) is 24.3 Å². The highest BCUT2D eigenvalue weighted by Crippen LogP contribution is 2.26. The van der Waals surface area contributed by atoms with Crippen molar-refractivity contribution < 1.29 is 9.53 Å². The Hall–Kier alpha value is -2.89. The molecule has 1 saturated heterocycles. The van der Waals surface area contributed by atoms with E-state index in [-0.39, 0.29) is 18.4 Å². The van der Waals surface area contributed by atoms with Crippen LogP contribution in [0.2, 0.25) is 0 Å². The van der Waals surface area contributed by atoms with Gasteiger partial charge >= 0.3 is 0 Å². The standard InChI is InChI=1S/C19H20N4O2/c24-18(14-25-16-8-2-1-3-9-16)22-11-6-7-15(13-22)19-21-20-17-10-4-5-12-23(17)19/h1-5,8-10,12,15H,6-7,11,13-14H2/t15-/m0/s1. The molecule has 1 atom stereocenters. The lowest BCUT2D eigenvalue weighted by Crippen LogP contribution is -2.42. The molecular formula is C19H20N4O2. The number of fused-ring (bicyclic) bond motifs is 1. The summed E-state index contributed by atoms with van der Waals surface area (Å²) in [5.74, 6) is 1.86. The second-order valence-electron chi connectivity index (χ2n) is 6.27. The predicted molar refractivity (Wildman–Crippen MR) is 93.5 cm³/mol. The fourth-order valence-corrected chi connectivity index (χ4v) is 3.31. The Morgan fingerprint density at radius 2 is 1.96 bits per heavy atom. The van der Waals surface area contributed by atoms with Gasteiger partial charge in [-0.05, 0) is 37.1 Å². The number of piperidine rings is 1. The van der Waals surface area contributed by atoms with E-state index >= 15 is 0 Å². The highest BCUT2D eigenvalue weighted by atomic mass is 16.5. The van der Waals surface area contributed by atoms with E-state index in [1.54, 1.807) is 0 Å². The second-order valence-corrected chi connectivity index (χ2v) is 6.27. The van der Waals surface area contributed by atoms with Crippen LogP contribution in [0.1, 0.15) is 24.6 Å². The minimum absolute atomic E-state index is 0.0161. The lowest BCUT2D eigenvalue weighted by Gasteiger charge is -2.31. The molecule has 1 fully saturated rings. The van der Waals surface area contributed by atoms with E-state index in [0.717, 1.165) is 30.9 Å². The molecule has 2 aromatic heterocycles. The van der Waals surface area contributed by atoms with Crippen LogP contribution in [0.25, 0.3) is 5.65 Å². The molecule has 3 aromatic rings. The molecule has 0 radical (unpaired) electrons. The monoisotopic (exact) mass is 336 g/mol. The zero-order chi connectivity index (χ0) is 17.1. The van der Waals surface area contributed by atoms with Crippen LogP contribution in [-0.4, -0.2) is 45.1 Å². The maximum absolute atomic E-state index is 12.5. The molecule has 6 heteroatoms. The lowest BCUT2D eigenvalue weighted by atomic mass is 9.97. The van der Waals surface area contributed by atoms with E-state index in [2.05, 4.69) is 10.2 Å². The van der Waals surface area contributed by atoms with Gasteiger partial charge in [0.15, 0.2) is 12.3 Å². The number of nitrogens with zero attached hydrogens (tertiary/aromatic N) is 4. The summed E-state index contributed by atoms with van der Waals surface area (Å²) in [5.41, 5.74) is 0.841. The molecule has 1 aliphatic rings. The quantitative estimate of drug-likeness (QED) is 0.734. The van der Waals surface area contributed by atoms with E-state index < -0.39 is 0 Å². The number of amides is 1. The minimum Gasteiger partial charge on any atom is -0.484 e. The summed E-state index contributed by atoms with van der Waals surface area (Å²) >= 11 is 0. The highest BCUT2D eigenvalue weighted by molar-refractivity contribution is 5.78. The Kier molecular flexibility index (Phi) is 4.33. The van der Waals surface area contributed by atoms with Gasteiger partial charge in [-0.2, -0.15) is 0 Å². The molecular weight excluding hydrogens is 316 g/mol. The number of hydrogen-bond donors (Lipinski definition) is 0. The van der Waals surface area contributed by atoms with Crippen molar-refractivity contribution in [3.8, 4) is 5.75 Å². The summed E-state index contributed by atoms with van der Waals surface area (Å²) in [4.78, 5) is 14.4. The van der Waals surface area contributed by atoms with Gasteiger partial charge in [0, 0.05) is 25.2 Å². The Balaban J connectivity index is 1.43. The number of benzene rings is 1. The molecule has 1 amide bonds. The highest BCUT2D eigenvalue weighted by Gasteiger charge is 2.28. The van der Waals surface area contributed by atoms with Crippen LogP contribution in [0.5, 0.6) is 5.75 Å². The first-order valence-electron chi connectivity index (χ1n) is 8.56. The Bertz CT molecular complexity index is 862. The Morgan fingerprint density at radius 1 is 1.12 bits per heavy atom. The van der Waals surface area contributed by atoms with Crippen molar-refractivity contribution in [2.24, 2.45) is 0 Å². The van der Waals surface area contributed by atoms with E-state index in [9.17, 15) is 4.79 Å². The van der Waals surface area contributed by atoms with E-state index in [0.29, 0.717) is 12.3 Å². The number of carbonyl (C=O) groups excluding carboxylic acids is 1. The smallest absolute Gasteiger partial charge is 0.260 e. The van der Waals surface area contributed by atoms with Crippen LogP contribution in [-0.2, 0) is 4.79 Å². The van der Waals surface area contributed by atoms with Gasteiger partial charge in [0.25, 0.3) is 5.91 Å². The second kappa shape index (κ2) is 6.93. The largest absolute Gasteiger partial charge is 0.484 e. The Labute approximate surface area is 146 Å². The zero-order valence-electron chi connectivity index (χ0n) is 13.9. The molecule has 0 bridgehead atoms. The summed E-state index contributed by atoms with van der Waals surface area (Å²) in [7, 11) is 0. The van der Waals surface area contributed by atoms with E-state index in [4.69, 9.17) is 4.74 Å². The maximum Gasteiger partial charge on any atom is 0.260 e. The van der Waals surface area contributed by atoms with Crippen molar-refractivity contribution in [1.29, 1.82) is 0 Å². The Morgan fingerprint density at radius 3 is 2.84 bits per heavy atom. The number of pyridine rings is 1. The maximum atomic E-state index is 12.5. The molecule has 0 spiro atoms. The summed E-state index contributed by atoms with van der Waals surface area (Å²) in [6.45, 7) is 1.49. The summed E-state index contributed by atoms with van der Waals surface area (Å²) < 4.78 is 7.61. The summed E-state index contributed by atoms with van der Waals surface area (Å²) in [5, 5.41) is 8.57. The molecule has 128 valence electrons. The molecule has 0 N–H and O–H groups in total. The van der Waals surface area contributed by atoms with Gasteiger partial charge in [-0.15, -0.1) is 10.2 Å². The molecule has 1 aromatic carbocycles. The first-order chi connectivity index (χ1) is 12.3. The molecule has 0 unspecified atom stereocenters. The number of hydrogen-bond acceptors (Lipinski definition) is 4. The third kappa shape index (κ3) is 3.33. The SMILES string of the molecule is O=C(COc1ccccc1)N1CCC[C@H](c2nnc3ccccn23)C1. The third-order valence-electron chi connectivity index (χ3n) is 4.58. The van der Waals surface area contributed by atoms with Crippen molar-refractivity contribution in [3.05, 3.63) is 60.6 Å². The average molecular weight is 336 g/mol. The van der Waals surface area contributed by atoms with Crippen LogP contribution in [0, 0.1) is 0 Å². The summed E-state index contributed by atoms with van der Waals surface area (Å²) in [6.07, 6.45) is 3.95. The van der Waals surface area contributed by atoms with Crippen molar-refractivity contribution in [2.75, 3.05) is 19.7 Å². The number of aromatic nitrogens is 3. The van der Waals surface area contributed by atoms with Gasteiger partial charge in [0.05, 0.1) is 0 Å². The topological polar surface area (TPSA) is 59.7 Å². The van der Waals surface area contributed by atoms with Crippen LogP contribution in [0.3, 0.4) is 0 Å². The molecule has 25 heavy (non-hydrogen) atoms. The van der Waals surface area contributed by atoms with Crippen molar-refractivity contribution in [2.45, 2.75) is 18.8 Å². The number of likely N-dealkylation sites (tertiary alicyclic amines) is 1. The summed E-state index contributed by atoms with van der Waals surface area (Å²) in [6, 6.07) is 15.3. The number of rotatable bonds is 4. The number of ether oxygens (including phenoxy) is 1. The van der Waals surface area contributed by atoms with Gasteiger partial charge in [-0.25, -0.2) is 0 Å². The van der Waals surface area contributed by atoms with Gasteiger partial charge < -0.3 is 9.64 Å². The number of para-hydroxylation sites is 1. The first kappa shape index (κ1) is 15.6. The first-order valence-corrected chi connectivity index (χ1v) is 8.56. The molecule has 1 aliphatic heterocycles. The molecule has 3 heterocycles. The third-order valence-corrected chi connectivity index (χ3v) is 4.58. The fraction of sp³-hybridized carbons (Fsp3) is 0.316. The van der Waals surface area contributed by atoms with Crippen LogP contribution in [0.15, 0.2) is 54.7 Å². The van der Waals surface area contributed by atoms with E-state index in [1.807, 2.05) is 64.0 Å². The van der Waals surface area contributed by atoms with Crippen molar-refractivity contribution in [3.63, 3.8) is 0 Å². The molecule has 6 nitrogen and oxygen atoms in total. The normalized spacial score (nSPS) is 17.6. The average Bonchev–Trinajstić information content (AvgIpc) is 3.11. The zero-order valence-corrected chi connectivity index (χ0v) is 13.9. The minimum atomic E-state index is 0.0161. The molecule has 4 rings (SSSR count). The lowest BCUT2D eigenvalue weighted by molar-refractivity contribution is -0.134. The van der Waals surface area contributed by atoms with Crippen LogP contribution >= 0.6 is 0 Å². The number of carbonyl (C=O) groups is 1. The van der Waals surface area contributed by atoms with Gasteiger partial charge in [0.1, 0.15) is 11.6 Å². The van der Waals surface area contributed by atoms with Crippen LogP contribution in [0.4, 0.5) is 0 Å². The van der Waals surface area contributed by atoms with Gasteiger partial charge in [-0.3, -0.25) is 9.20 Å². The van der Waals surface area contributed by atoms with Crippen LogP contribution < -0.4 is 4.74 Å². The fourth-order valence-electron chi connectivity index (χ4n) is 3.31. The molecule has 0 saturated carbocycles. The van der Waals surface area contributed by atoms with E-state index in [1.165, 1.54) is 0 Å².